The minimum absolute atomic E-state index is 0.00157. The van der Waals surface area contributed by atoms with Crippen LogP contribution in [-0.2, 0) is 20.0 Å². The van der Waals surface area contributed by atoms with Crippen LogP contribution in [-0.4, -0.2) is 24.7 Å². The highest BCUT2D eigenvalue weighted by atomic mass is 79.9. The Morgan fingerprint density at radius 1 is 1.44 bits per heavy atom. The second kappa shape index (κ2) is 5.65. The Hall–Kier alpha value is -1.17. The molecule has 0 radical (unpaired) electrons. The topological polar surface area (TPSA) is 52.7 Å². The lowest BCUT2D eigenvalue weighted by atomic mass is 10.2. The lowest BCUT2D eigenvalue weighted by Crippen LogP contribution is -2.22. The number of hydrogen-bond acceptors (Lipinski definition) is 3. The molecule has 0 N–H and O–H groups in total. The lowest BCUT2D eigenvalue weighted by Gasteiger charge is -2.03. The third-order valence-electron chi connectivity index (χ3n) is 2.90. The van der Waals surface area contributed by atoms with Gasteiger partial charge in [0.1, 0.15) is 5.52 Å². The normalized spacial score (nSPS) is 11.3. The van der Waals surface area contributed by atoms with E-state index in [0.717, 1.165) is 35.8 Å². The highest BCUT2D eigenvalue weighted by Crippen LogP contribution is 2.13. The zero-order valence-corrected chi connectivity index (χ0v) is 12.3. The molecule has 98 valence electrons. The highest BCUT2D eigenvalue weighted by Gasteiger charge is 2.13. The second-order valence-corrected chi connectivity index (χ2v) is 5.10. The summed E-state index contributed by atoms with van der Waals surface area (Å²) in [6, 6.07) is 0. The minimum Gasteiger partial charge on any atom is -0.297 e. The van der Waals surface area contributed by atoms with Gasteiger partial charge >= 0.3 is 0 Å². The number of nitrogens with zero attached hydrogens (tertiary/aromatic N) is 4. The molecule has 0 bridgehead atoms. The third-order valence-corrected chi connectivity index (χ3v) is 3.46. The molecule has 0 aromatic carbocycles. The van der Waals surface area contributed by atoms with Crippen molar-refractivity contribution in [3.63, 3.8) is 0 Å². The van der Waals surface area contributed by atoms with Crippen molar-refractivity contribution >= 4 is 27.0 Å². The third kappa shape index (κ3) is 2.34. The van der Waals surface area contributed by atoms with Gasteiger partial charge in [0.05, 0.1) is 12.0 Å². The van der Waals surface area contributed by atoms with Crippen molar-refractivity contribution < 1.29 is 0 Å². The Balaban J connectivity index is 2.54. The molecule has 2 aromatic heterocycles. The first-order chi connectivity index (χ1) is 8.69. The van der Waals surface area contributed by atoms with Gasteiger partial charge < -0.3 is 0 Å². The average molecular weight is 313 g/mol. The molecule has 0 aliphatic heterocycles. The number of hydrogen-bond donors (Lipinski definition) is 0. The zero-order chi connectivity index (χ0) is 13.1. The van der Waals surface area contributed by atoms with Crippen LogP contribution in [0.1, 0.15) is 25.5 Å². The first kappa shape index (κ1) is 13.3. The Morgan fingerprint density at radius 2 is 2.22 bits per heavy atom. The quantitative estimate of drug-likeness (QED) is 0.792. The van der Waals surface area contributed by atoms with E-state index < -0.39 is 0 Å². The van der Waals surface area contributed by atoms with Gasteiger partial charge in [-0.15, -0.1) is 0 Å². The van der Waals surface area contributed by atoms with Gasteiger partial charge in [0.25, 0.3) is 5.56 Å². The van der Waals surface area contributed by atoms with Gasteiger partial charge in [-0.1, -0.05) is 29.3 Å². The van der Waals surface area contributed by atoms with Crippen LogP contribution in [0.5, 0.6) is 0 Å². The zero-order valence-electron chi connectivity index (χ0n) is 10.7. The first-order valence-electron chi connectivity index (χ1n) is 6.16. The maximum Gasteiger partial charge on any atom is 0.279 e. The van der Waals surface area contributed by atoms with E-state index in [4.69, 9.17) is 0 Å². The van der Waals surface area contributed by atoms with E-state index in [9.17, 15) is 4.79 Å². The summed E-state index contributed by atoms with van der Waals surface area (Å²) >= 11 is 3.37. The van der Waals surface area contributed by atoms with Crippen molar-refractivity contribution in [2.45, 2.75) is 32.7 Å². The smallest absolute Gasteiger partial charge is 0.279 e. The Morgan fingerprint density at radius 3 is 2.89 bits per heavy atom. The van der Waals surface area contributed by atoms with E-state index in [1.807, 2.05) is 0 Å². The SMILES string of the molecule is CCCc1nn(C)c2c(=O)n(CCCBr)cnc12. The summed E-state index contributed by atoms with van der Waals surface area (Å²) in [5, 5.41) is 5.27. The van der Waals surface area contributed by atoms with E-state index >= 15 is 0 Å². The maximum atomic E-state index is 12.3. The predicted octanol–water partition coefficient (Wildman–Crippen LogP) is 1.87. The van der Waals surface area contributed by atoms with E-state index in [0.29, 0.717) is 12.1 Å². The molecule has 0 aliphatic rings. The highest BCUT2D eigenvalue weighted by molar-refractivity contribution is 9.09. The average Bonchev–Trinajstić information content (AvgIpc) is 2.67. The van der Waals surface area contributed by atoms with Crippen molar-refractivity contribution in [1.82, 2.24) is 19.3 Å². The van der Waals surface area contributed by atoms with Crippen molar-refractivity contribution in [1.29, 1.82) is 0 Å². The van der Waals surface area contributed by atoms with E-state index in [2.05, 4.69) is 32.9 Å². The molecule has 18 heavy (non-hydrogen) atoms. The lowest BCUT2D eigenvalue weighted by molar-refractivity contribution is 0.648. The van der Waals surface area contributed by atoms with Crippen LogP contribution in [0.15, 0.2) is 11.1 Å². The maximum absolute atomic E-state index is 12.3. The molecule has 0 atom stereocenters. The van der Waals surface area contributed by atoms with Crippen LogP contribution in [0, 0.1) is 0 Å². The molecule has 0 saturated carbocycles. The molecule has 0 fully saturated rings. The number of alkyl halides is 1. The number of halogens is 1. The fourth-order valence-corrected chi connectivity index (χ4v) is 2.30. The Kier molecular flexibility index (Phi) is 4.16. The van der Waals surface area contributed by atoms with Crippen molar-refractivity contribution in [2.75, 3.05) is 5.33 Å². The summed E-state index contributed by atoms with van der Waals surface area (Å²) in [6.07, 6.45) is 4.40. The monoisotopic (exact) mass is 312 g/mol. The van der Waals surface area contributed by atoms with Crippen LogP contribution < -0.4 is 5.56 Å². The first-order valence-corrected chi connectivity index (χ1v) is 7.28. The molecule has 0 unspecified atom stereocenters. The van der Waals surface area contributed by atoms with Crippen LogP contribution in [0.3, 0.4) is 0 Å². The van der Waals surface area contributed by atoms with Crippen molar-refractivity contribution in [3.8, 4) is 0 Å². The minimum atomic E-state index is -0.00157. The molecule has 2 rings (SSSR count). The van der Waals surface area contributed by atoms with Crippen LogP contribution in [0.2, 0.25) is 0 Å². The van der Waals surface area contributed by atoms with Crippen LogP contribution >= 0.6 is 15.9 Å². The molecular formula is C12H17BrN4O. The molecule has 0 amide bonds. The Bertz CT molecular complexity index is 602. The van der Waals surface area contributed by atoms with Gasteiger partial charge in [0.15, 0.2) is 5.52 Å². The largest absolute Gasteiger partial charge is 0.297 e. The van der Waals surface area contributed by atoms with Crippen molar-refractivity contribution in [2.24, 2.45) is 7.05 Å². The van der Waals surface area contributed by atoms with Gasteiger partial charge in [-0.25, -0.2) is 4.98 Å². The van der Waals surface area contributed by atoms with E-state index in [-0.39, 0.29) is 5.56 Å². The molecule has 5 nitrogen and oxygen atoms in total. The van der Waals surface area contributed by atoms with Crippen LogP contribution in [0.25, 0.3) is 11.0 Å². The summed E-state index contributed by atoms with van der Waals surface area (Å²) < 4.78 is 3.31. The number of fused-ring (bicyclic) bond motifs is 1. The van der Waals surface area contributed by atoms with Gasteiger partial charge in [-0.05, 0) is 12.8 Å². The molecule has 0 saturated heterocycles. The molecule has 0 spiro atoms. The van der Waals surface area contributed by atoms with Gasteiger partial charge in [-0.3, -0.25) is 14.0 Å². The van der Waals surface area contributed by atoms with Gasteiger partial charge in [-0.2, -0.15) is 5.10 Å². The molecule has 0 aliphatic carbocycles. The summed E-state index contributed by atoms with van der Waals surface area (Å²) in [5.41, 5.74) is 2.27. The molecule has 2 aromatic rings. The van der Waals surface area contributed by atoms with Gasteiger partial charge in [0.2, 0.25) is 0 Å². The number of aryl methyl sites for hydroxylation is 3. The molecule has 6 heteroatoms. The Labute approximate surface area is 114 Å². The van der Waals surface area contributed by atoms with Crippen molar-refractivity contribution in [3.05, 3.63) is 22.4 Å². The van der Waals surface area contributed by atoms with Gasteiger partial charge in [0, 0.05) is 18.9 Å². The van der Waals surface area contributed by atoms with E-state index in [1.54, 1.807) is 22.6 Å². The standard InChI is InChI=1S/C12H17BrN4O/c1-3-5-9-10-11(16(2)15-9)12(18)17(8-14-10)7-4-6-13/h8H,3-7H2,1-2H3. The summed E-state index contributed by atoms with van der Waals surface area (Å²) in [6.45, 7) is 2.78. The second-order valence-electron chi connectivity index (χ2n) is 4.30. The van der Waals surface area contributed by atoms with Crippen LogP contribution in [0.4, 0.5) is 0 Å². The fourth-order valence-electron chi connectivity index (χ4n) is 2.05. The van der Waals surface area contributed by atoms with E-state index in [1.165, 1.54) is 0 Å². The summed E-state index contributed by atoms with van der Waals surface area (Å²) in [7, 11) is 1.80. The fraction of sp³-hybridized carbons (Fsp3) is 0.583. The molecular weight excluding hydrogens is 296 g/mol. The summed E-state index contributed by atoms with van der Waals surface area (Å²) in [4.78, 5) is 16.7. The summed E-state index contributed by atoms with van der Waals surface area (Å²) in [5.74, 6) is 0. The number of aromatic nitrogens is 4. The number of rotatable bonds is 5. The predicted molar refractivity (Wildman–Crippen MR) is 75.2 cm³/mol. The molecule has 2 heterocycles.